The summed E-state index contributed by atoms with van der Waals surface area (Å²) in [5.41, 5.74) is 7.35. The molecule has 1 heterocycles. The number of benzene rings is 1. The molecule has 5 nitrogen and oxygen atoms in total. The van der Waals surface area contributed by atoms with Gasteiger partial charge in [-0.15, -0.1) is 0 Å². The van der Waals surface area contributed by atoms with Crippen LogP contribution in [0, 0.1) is 0 Å². The second kappa shape index (κ2) is 7.22. The van der Waals surface area contributed by atoms with Crippen LogP contribution >= 0.6 is 0 Å². The van der Waals surface area contributed by atoms with E-state index in [1.807, 2.05) is 29.2 Å². The van der Waals surface area contributed by atoms with E-state index in [2.05, 4.69) is 0 Å². The van der Waals surface area contributed by atoms with E-state index in [0.717, 1.165) is 24.9 Å². The fourth-order valence-electron chi connectivity index (χ4n) is 2.64. The van der Waals surface area contributed by atoms with E-state index in [1.165, 1.54) is 0 Å². The van der Waals surface area contributed by atoms with Gasteiger partial charge in [-0.3, -0.25) is 9.59 Å². The molecule has 2 amide bonds. The summed E-state index contributed by atoms with van der Waals surface area (Å²) >= 11 is 0. The van der Waals surface area contributed by atoms with Crippen molar-refractivity contribution < 1.29 is 9.59 Å². The second-order valence-electron chi connectivity index (χ2n) is 5.39. The molecule has 0 spiro atoms. The summed E-state index contributed by atoms with van der Waals surface area (Å²) in [4.78, 5) is 27.6. The molecular formula is C16H23N3O2. The summed E-state index contributed by atoms with van der Waals surface area (Å²) in [5, 5.41) is 0. The summed E-state index contributed by atoms with van der Waals surface area (Å²) in [6.07, 6.45) is 1.60. The number of carbonyl (C=O) groups is 2. The van der Waals surface area contributed by atoms with Gasteiger partial charge in [-0.05, 0) is 37.1 Å². The molecule has 0 saturated carbocycles. The monoisotopic (exact) mass is 289 g/mol. The summed E-state index contributed by atoms with van der Waals surface area (Å²) in [5.74, 6) is 0.119. The lowest BCUT2D eigenvalue weighted by molar-refractivity contribution is -0.128. The maximum Gasteiger partial charge on any atom is 0.253 e. The predicted molar refractivity (Wildman–Crippen MR) is 82.0 cm³/mol. The van der Waals surface area contributed by atoms with Crippen LogP contribution in [0.1, 0.15) is 29.3 Å². The van der Waals surface area contributed by atoms with Gasteiger partial charge in [-0.1, -0.05) is 12.1 Å². The lowest BCUT2D eigenvalue weighted by atomic mass is 10.1. The molecule has 0 atom stereocenters. The smallest absolute Gasteiger partial charge is 0.253 e. The topological polar surface area (TPSA) is 66.6 Å². The number of hydrogen-bond acceptors (Lipinski definition) is 3. The average Bonchev–Trinajstić information content (AvgIpc) is 2.73. The Morgan fingerprint density at radius 1 is 1.14 bits per heavy atom. The van der Waals surface area contributed by atoms with Gasteiger partial charge in [0.15, 0.2) is 0 Å². The second-order valence-corrected chi connectivity index (χ2v) is 5.39. The van der Waals surface area contributed by atoms with Crippen LogP contribution in [0.25, 0.3) is 0 Å². The molecule has 0 aromatic heterocycles. The van der Waals surface area contributed by atoms with Gasteiger partial charge in [0.2, 0.25) is 5.91 Å². The van der Waals surface area contributed by atoms with Crippen molar-refractivity contribution in [3.63, 3.8) is 0 Å². The zero-order chi connectivity index (χ0) is 15.2. The SMILES string of the molecule is CC(=O)N1CCCN(C(=O)c2cccc(CCN)c2)CC1. The van der Waals surface area contributed by atoms with Crippen LogP contribution in [0.3, 0.4) is 0 Å². The molecule has 1 aliphatic rings. The van der Waals surface area contributed by atoms with Crippen molar-refractivity contribution in [2.45, 2.75) is 19.8 Å². The number of rotatable bonds is 3. The van der Waals surface area contributed by atoms with Crippen molar-refractivity contribution in [1.29, 1.82) is 0 Å². The maximum absolute atomic E-state index is 12.6. The van der Waals surface area contributed by atoms with E-state index < -0.39 is 0 Å². The van der Waals surface area contributed by atoms with Crippen LogP contribution in [-0.4, -0.2) is 54.3 Å². The lowest BCUT2D eigenvalue weighted by Gasteiger charge is -2.21. The molecule has 1 saturated heterocycles. The lowest BCUT2D eigenvalue weighted by Crippen LogP contribution is -2.36. The molecule has 114 valence electrons. The first-order valence-electron chi connectivity index (χ1n) is 7.45. The molecule has 0 aliphatic carbocycles. The maximum atomic E-state index is 12.6. The molecule has 1 aliphatic heterocycles. The minimum absolute atomic E-state index is 0.0410. The van der Waals surface area contributed by atoms with Gasteiger partial charge < -0.3 is 15.5 Å². The van der Waals surface area contributed by atoms with E-state index in [4.69, 9.17) is 5.73 Å². The molecule has 0 radical (unpaired) electrons. The van der Waals surface area contributed by atoms with E-state index in [0.29, 0.717) is 31.7 Å². The molecule has 0 bridgehead atoms. The first-order valence-corrected chi connectivity index (χ1v) is 7.45. The number of nitrogens with zero attached hydrogens (tertiary/aromatic N) is 2. The molecule has 21 heavy (non-hydrogen) atoms. The summed E-state index contributed by atoms with van der Waals surface area (Å²) in [6, 6.07) is 7.65. The fourth-order valence-corrected chi connectivity index (χ4v) is 2.64. The van der Waals surface area contributed by atoms with Gasteiger partial charge >= 0.3 is 0 Å². The standard InChI is InChI=1S/C16H23N3O2/c1-13(20)18-8-3-9-19(11-10-18)16(21)15-5-2-4-14(12-15)6-7-17/h2,4-5,12H,3,6-11,17H2,1H3. The van der Waals surface area contributed by atoms with Gasteiger partial charge in [0.05, 0.1) is 0 Å². The van der Waals surface area contributed by atoms with Crippen molar-refractivity contribution in [1.82, 2.24) is 9.80 Å². The summed E-state index contributed by atoms with van der Waals surface area (Å²) in [7, 11) is 0. The van der Waals surface area contributed by atoms with Crippen molar-refractivity contribution in [2.24, 2.45) is 5.73 Å². The highest BCUT2D eigenvalue weighted by Crippen LogP contribution is 2.12. The number of hydrogen-bond donors (Lipinski definition) is 1. The molecule has 0 unspecified atom stereocenters. The van der Waals surface area contributed by atoms with Crippen LogP contribution in [0.5, 0.6) is 0 Å². The highest BCUT2D eigenvalue weighted by Gasteiger charge is 2.21. The number of nitrogens with two attached hydrogens (primary N) is 1. The Labute approximate surface area is 125 Å². The third-order valence-corrected chi connectivity index (χ3v) is 3.84. The van der Waals surface area contributed by atoms with Crippen molar-refractivity contribution >= 4 is 11.8 Å². The largest absolute Gasteiger partial charge is 0.341 e. The van der Waals surface area contributed by atoms with Crippen LogP contribution in [0.15, 0.2) is 24.3 Å². The molecule has 1 fully saturated rings. The van der Waals surface area contributed by atoms with E-state index >= 15 is 0 Å². The van der Waals surface area contributed by atoms with E-state index in [9.17, 15) is 9.59 Å². The Morgan fingerprint density at radius 2 is 1.86 bits per heavy atom. The normalized spacial score (nSPS) is 15.7. The molecule has 2 N–H and O–H groups in total. The first kappa shape index (κ1) is 15.5. The summed E-state index contributed by atoms with van der Waals surface area (Å²) in [6.45, 7) is 4.79. The zero-order valence-corrected chi connectivity index (χ0v) is 12.5. The van der Waals surface area contributed by atoms with Crippen molar-refractivity contribution in [3.8, 4) is 0 Å². The van der Waals surface area contributed by atoms with Gasteiger partial charge in [0.25, 0.3) is 5.91 Å². The molecular weight excluding hydrogens is 266 g/mol. The quantitative estimate of drug-likeness (QED) is 0.898. The molecule has 1 aromatic rings. The predicted octanol–water partition coefficient (Wildman–Crippen LogP) is 0.882. The Morgan fingerprint density at radius 3 is 2.57 bits per heavy atom. The minimum atomic E-state index is 0.0410. The molecule has 2 rings (SSSR count). The number of amides is 2. The molecule has 1 aromatic carbocycles. The average molecular weight is 289 g/mol. The van der Waals surface area contributed by atoms with Gasteiger partial charge in [0, 0.05) is 38.7 Å². The Hall–Kier alpha value is -1.88. The highest BCUT2D eigenvalue weighted by atomic mass is 16.2. The van der Waals surface area contributed by atoms with Crippen LogP contribution < -0.4 is 5.73 Å². The van der Waals surface area contributed by atoms with Crippen LogP contribution in [0.4, 0.5) is 0 Å². The zero-order valence-electron chi connectivity index (χ0n) is 12.5. The van der Waals surface area contributed by atoms with Crippen LogP contribution in [0.2, 0.25) is 0 Å². The third kappa shape index (κ3) is 4.04. The third-order valence-electron chi connectivity index (χ3n) is 3.84. The minimum Gasteiger partial charge on any atom is -0.341 e. The Balaban J connectivity index is 2.05. The summed E-state index contributed by atoms with van der Waals surface area (Å²) < 4.78 is 0. The van der Waals surface area contributed by atoms with Gasteiger partial charge in [-0.25, -0.2) is 0 Å². The van der Waals surface area contributed by atoms with Crippen molar-refractivity contribution in [2.75, 3.05) is 32.7 Å². The van der Waals surface area contributed by atoms with Crippen molar-refractivity contribution in [3.05, 3.63) is 35.4 Å². The van der Waals surface area contributed by atoms with Gasteiger partial charge in [0.1, 0.15) is 0 Å². The van der Waals surface area contributed by atoms with Crippen LogP contribution in [-0.2, 0) is 11.2 Å². The fraction of sp³-hybridized carbons (Fsp3) is 0.500. The first-order chi connectivity index (χ1) is 10.1. The Kier molecular flexibility index (Phi) is 5.33. The van der Waals surface area contributed by atoms with E-state index in [-0.39, 0.29) is 11.8 Å². The molecule has 5 heteroatoms. The highest BCUT2D eigenvalue weighted by molar-refractivity contribution is 5.94. The Bertz CT molecular complexity index is 516. The van der Waals surface area contributed by atoms with Gasteiger partial charge in [-0.2, -0.15) is 0 Å². The number of carbonyl (C=O) groups excluding carboxylic acids is 2. The van der Waals surface area contributed by atoms with E-state index in [1.54, 1.807) is 11.8 Å².